The molecule has 0 radical (unpaired) electrons. The molecule has 0 aliphatic carbocycles. The zero-order valence-corrected chi connectivity index (χ0v) is 21.1. The molecule has 0 unspecified atom stereocenters. The number of piperidine rings is 1. The van der Waals surface area contributed by atoms with Gasteiger partial charge in [-0.15, -0.1) is 24.0 Å². The third-order valence-electron chi connectivity index (χ3n) is 4.95. The Morgan fingerprint density at radius 1 is 1.21 bits per heavy atom. The van der Waals surface area contributed by atoms with Gasteiger partial charge in [0.05, 0.1) is 0 Å². The van der Waals surface area contributed by atoms with Gasteiger partial charge in [-0.2, -0.15) is 11.8 Å². The van der Waals surface area contributed by atoms with Crippen LogP contribution < -0.4 is 10.6 Å². The van der Waals surface area contributed by atoms with Crippen LogP contribution in [-0.4, -0.2) is 85.9 Å². The number of nitrogens with zero attached hydrogens (tertiary/aromatic N) is 3. The number of likely N-dealkylation sites (N-methyl/N-ethyl adjacent to an activating group) is 1. The van der Waals surface area contributed by atoms with Crippen molar-refractivity contribution in [3.8, 4) is 0 Å². The minimum absolute atomic E-state index is 0. The highest BCUT2D eigenvalue weighted by Gasteiger charge is 2.26. The first-order valence-electron chi connectivity index (χ1n) is 9.95. The monoisotopic (exact) mass is 527 g/mol. The molecule has 1 saturated heterocycles. The molecule has 2 amide bonds. The van der Waals surface area contributed by atoms with E-state index >= 15 is 0 Å². The number of rotatable bonds is 9. The van der Waals surface area contributed by atoms with Gasteiger partial charge in [0.15, 0.2) is 5.96 Å². The Labute approximate surface area is 191 Å². The number of aliphatic imine (C=N–C) groups is 1. The van der Waals surface area contributed by atoms with Crippen LogP contribution in [0.25, 0.3) is 0 Å². The second-order valence-electron chi connectivity index (χ2n) is 7.13. The molecule has 0 saturated carbocycles. The summed E-state index contributed by atoms with van der Waals surface area (Å²) in [4.78, 5) is 32.3. The third kappa shape index (κ3) is 9.67. The van der Waals surface area contributed by atoms with E-state index in [1.807, 2.05) is 4.90 Å². The number of thioether (sulfide) groups is 1. The number of guanidine groups is 1. The van der Waals surface area contributed by atoms with Crippen LogP contribution in [0.4, 0.5) is 0 Å². The zero-order valence-electron chi connectivity index (χ0n) is 18.0. The molecule has 1 aliphatic rings. The Kier molecular flexibility index (Phi) is 14.8. The van der Waals surface area contributed by atoms with Gasteiger partial charge in [0.1, 0.15) is 6.54 Å². The van der Waals surface area contributed by atoms with Crippen molar-refractivity contribution in [3.63, 3.8) is 0 Å². The van der Waals surface area contributed by atoms with Crippen LogP contribution in [-0.2, 0) is 9.59 Å². The van der Waals surface area contributed by atoms with E-state index in [0.717, 1.165) is 51.1 Å². The average molecular weight is 528 g/mol. The summed E-state index contributed by atoms with van der Waals surface area (Å²) < 4.78 is 0. The van der Waals surface area contributed by atoms with Crippen LogP contribution in [0.5, 0.6) is 0 Å². The minimum atomic E-state index is -0.0217. The lowest BCUT2D eigenvalue weighted by Gasteiger charge is -2.35. The summed E-state index contributed by atoms with van der Waals surface area (Å²) in [6, 6.07) is 0.269. The molecule has 1 fully saturated rings. The first kappa shape index (κ1) is 27.3. The number of likely N-dealkylation sites (tertiary alicyclic amines) is 1. The molecule has 0 spiro atoms. The largest absolute Gasteiger partial charge is 0.356 e. The summed E-state index contributed by atoms with van der Waals surface area (Å²) in [7, 11) is 3.47. The number of hydrogen-bond donors (Lipinski definition) is 2. The first-order valence-corrected chi connectivity index (χ1v) is 11.3. The standard InChI is InChI=1S/C19H37N5O2S.HI/c1-6-15(7-2)18(26)24-11-8-16(9-12-24)22-19(20-10-13-27-5)21-14-17(25)23(3)4;/h15-16H,6-14H2,1-5H3,(H2,20,21,22);1H. The van der Waals surface area contributed by atoms with Crippen LogP contribution in [0.3, 0.4) is 0 Å². The fourth-order valence-electron chi connectivity index (χ4n) is 3.05. The molecule has 28 heavy (non-hydrogen) atoms. The first-order chi connectivity index (χ1) is 12.9. The van der Waals surface area contributed by atoms with Gasteiger partial charge in [-0.3, -0.25) is 9.59 Å². The summed E-state index contributed by atoms with van der Waals surface area (Å²) >= 11 is 1.76. The molecule has 164 valence electrons. The van der Waals surface area contributed by atoms with Crippen LogP contribution in [0.2, 0.25) is 0 Å². The molecule has 1 rings (SSSR count). The number of carbonyl (C=O) groups is 2. The maximum Gasteiger partial charge on any atom is 0.243 e. The Morgan fingerprint density at radius 2 is 1.82 bits per heavy atom. The number of nitrogens with one attached hydrogen (secondary N) is 2. The van der Waals surface area contributed by atoms with Crippen molar-refractivity contribution in [1.29, 1.82) is 0 Å². The highest BCUT2D eigenvalue weighted by molar-refractivity contribution is 14.0. The van der Waals surface area contributed by atoms with Gasteiger partial charge in [-0.05, 0) is 31.9 Å². The van der Waals surface area contributed by atoms with Crippen LogP contribution >= 0.6 is 35.7 Å². The predicted molar refractivity (Wildman–Crippen MR) is 130 cm³/mol. The van der Waals surface area contributed by atoms with Crippen LogP contribution in [0, 0.1) is 5.92 Å². The van der Waals surface area contributed by atoms with Gasteiger partial charge in [0, 0.05) is 51.4 Å². The molecule has 0 aromatic heterocycles. The minimum Gasteiger partial charge on any atom is -0.356 e. The Balaban J connectivity index is 0.00000729. The van der Waals surface area contributed by atoms with E-state index in [1.54, 1.807) is 30.8 Å². The molecule has 1 aliphatic heterocycles. The van der Waals surface area contributed by atoms with E-state index < -0.39 is 0 Å². The summed E-state index contributed by atoms with van der Waals surface area (Å²) in [5, 5.41) is 6.75. The highest BCUT2D eigenvalue weighted by atomic mass is 127. The third-order valence-corrected chi connectivity index (χ3v) is 5.56. The molecule has 9 heteroatoms. The fourth-order valence-corrected chi connectivity index (χ4v) is 3.35. The number of hydrogen-bond acceptors (Lipinski definition) is 4. The van der Waals surface area contributed by atoms with Crippen LogP contribution in [0.15, 0.2) is 4.99 Å². The maximum absolute atomic E-state index is 12.5. The van der Waals surface area contributed by atoms with Gasteiger partial charge < -0.3 is 20.4 Å². The number of halogens is 1. The van der Waals surface area contributed by atoms with E-state index in [9.17, 15) is 9.59 Å². The Morgan fingerprint density at radius 3 is 2.32 bits per heavy atom. The van der Waals surface area contributed by atoms with E-state index in [2.05, 4.69) is 35.7 Å². The lowest BCUT2D eigenvalue weighted by Crippen LogP contribution is -2.51. The lowest BCUT2D eigenvalue weighted by atomic mass is 9.98. The van der Waals surface area contributed by atoms with E-state index in [1.165, 1.54) is 0 Å². The number of carbonyl (C=O) groups excluding carboxylic acids is 2. The maximum atomic E-state index is 12.5. The van der Waals surface area contributed by atoms with Crippen LogP contribution in [0.1, 0.15) is 39.5 Å². The van der Waals surface area contributed by atoms with Gasteiger partial charge >= 0.3 is 0 Å². The second kappa shape index (κ2) is 15.2. The van der Waals surface area contributed by atoms with Crippen molar-refractivity contribution < 1.29 is 9.59 Å². The van der Waals surface area contributed by atoms with Crippen molar-refractivity contribution in [2.24, 2.45) is 10.9 Å². The molecule has 0 aromatic rings. The quantitative estimate of drug-likeness (QED) is 0.208. The lowest BCUT2D eigenvalue weighted by molar-refractivity contribution is -0.136. The van der Waals surface area contributed by atoms with Crippen molar-refractivity contribution in [1.82, 2.24) is 20.4 Å². The van der Waals surface area contributed by atoms with Crippen molar-refractivity contribution in [3.05, 3.63) is 0 Å². The van der Waals surface area contributed by atoms with E-state index in [-0.39, 0.29) is 48.4 Å². The average Bonchev–Trinajstić information content (AvgIpc) is 2.67. The molecule has 0 aromatic carbocycles. The van der Waals surface area contributed by atoms with Crippen molar-refractivity contribution in [2.45, 2.75) is 45.6 Å². The van der Waals surface area contributed by atoms with E-state index in [0.29, 0.717) is 11.9 Å². The Bertz CT molecular complexity index is 493. The zero-order chi connectivity index (χ0) is 20.2. The molecular formula is C19H38IN5O2S. The molecule has 0 atom stereocenters. The van der Waals surface area contributed by atoms with Crippen molar-refractivity contribution in [2.75, 3.05) is 52.3 Å². The molecule has 1 heterocycles. The summed E-state index contributed by atoms with van der Waals surface area (Å²) in [6.45, 7) is 6.66. The molecule has 7 nitrogen and oxygen atoms in total. The molecule has 0 bridgehead atoms. The van der Waals surface area contributed by atoms with E-state index in [4.69, 9.17) is 0 Å². The SMILES string of the molecule is CCC(CC)C(=O)N1CCC(NC(=NCC(=O)N(C)C)NCCSC)CC1.I. The molecule has 2 N–H and O–H groups in total. The van der Waals surface area contributed by atoms with Gasteiger partial charge in [0.25, 0.3) is 0 Å². The normalized spacial score (nSPS) is 15.2. The van der Waals surface area contributed by atoms with Crippen molar-refractivity contribution >= 4 is 53.5 Å². The van der Waals surface area contributed by atoms with Gasteiger partial charge in [0.2, 0.25) is 11.8 Å². The fraction of sp³-hybridized carbons (Fsp3) is 0.842. The second-order valence-corrected chi connectivity index (χ2v) is 8.12. The Hall–Kier alpha value is -0.710. The summed E-state index contributed by atoms with van der Waals surface area (Å²) in [5.41, 5.74) is 0. The predicted octanol–water partition coefficient (Wildman–Crippen LogP) is 2.02. The molecular weight excluding hydrogens is 489 g/mol. The topological polar surface area (TPSA) is 77.0 Å². The van der Waals surface area contributed by atoms with Gasteiger partial charge in [-0.25, -0.2) is 4.99 Å². The highest BCUT2D eigenvalue weighted by Crippen LogP contribution is 2.17. The van der Waals surface area contributed by atoms with Gasteiger partial charge in [-0.1, -0.05) is 13.8 Å². The smallest absolute Gasteiger partial charge is 0.243 e. The number of amides is 2. The summed E-state index contributed by atoms with van der Waals surface area (Å²) in [6.07, 6.45) is 5.68. The summed E-state index contributed by atoms with van der Waals surface area (Å²) in [5.74, 6) is 2.08.